The van der Waals surface area contributed by atoms with Gasteiger partial charge in [-0.15, -0.1) is 11.3 Å². The number of nitrogens with zero attached hydrogens (tertiary/aromatic N) is 1. The second kappa shape index (κ2) is 7.03. The molecule has 0 aliphatic carbocycles. The van der Waals surface area contributed by atoms with E-state index in [0.29, 0.717) is 6.04 Å². The third kappa shape index (κ3) is 4.03. The standard InChI is InChI=1S/C14H18BrN3S/c1-2-4-18-13(14-7-11(15)9-19-14)6-10-8-17-5-3-12(10)16/h3,5,7-9,13,18H,2,4,6H2,1H3,(H2,16,17). The van der Waals surface area contributed by atoms with Crippen LogP contribution in [0.3, 0.4) is 0 Å². The predicted molar refractivity (Wildman–Crippen MR) is 85.4 cm³/mol. The summed E-state index contributed by atoms with van der Waals surface area (Å²) in [6.45, 7) is 3.17. The number of thiophene rings is 1. The van der Waals surface area contributed by atoms with Gasteiger partial charge in [0.25, 0.3) is 0 Å². The first-order valence-electron chi connectivity index (χ1n) is 6.36. The van der Waals surface area contributed by atoms with E-state index in [2.05, 4.69) is 44.6 Å². The van der Waals surface area contributed by atoms with Crippen molar-refractivity contribution in [2.45, 2.75) is 25.8 Å². The molecule has 2 heterocycles. The number of aromatic nitrogens is 1. The molecule has 0 bridgehead atoms. The third-order valence-electron chi connectivity index (χ3n) is 2.94. The van der Waals surface area contributed by atoms with Crippen molar-refractivity contribution in [2.24, 2.45) is 0 Å². The fraction of sp³-hybridized carbons (Fsp3) is 0.357. The molecule has 3 nitrogen and oxygen atoms in total. The molecule has 102 valence electrons. The van der Waals surface area contributed by atoms with Gasteiger partial charge in [0.2, 0.25) is 0 Å². The minimum atomic E-state index is 0.294. The van der Waals surface area contributed by atoms with Gasteiger partial charge < -0.3 is 11.1 Å². The van der Waals surface area contributed by atoms with Crippen LogP contribution >= 0.6 is 27.3 Å². The van der Waals surface area contributed by atoms with Crippen LogP contribution in [0.5, 0.6) is 0 Å². The van der Waals surface area contributed by atoms with Crippen LogP contribution in [0.15, 0.2) is 34.4 Å². The Morgan fingerprint density at radius 3 is 3.00 bits per heavy atom. The van der Waals surface area contributed by atoms with Crippen molar-refractivity contribution in [3.05, 3.63) is 44.8 Å². The summed E-state index contributed by atoms with van der Waals surface area (Å²) in [4.78, 5) is 5.49. The Kier molecular flexibility index (Phi) is 5.36. The minimum absolute atomic E-state index is 0.294. The third-order valence-corrected chi connectivity index (χ3v) is 4.74. The molecule has 2 aromatic rings. The van der Waals surface area contributed by atoms with Crippen molar-refractivity contribution in [3.8, 4) is 0 Å². The summed E-state index contributed by atoms with van der Waals surface area (Å²) in [6, 6.07) is 4.32. The molecule has 1 atom stereocenters. The van der Waals surface area contributed by atoms with E-state index in [1.165, 1.54) is 4.88 Å². The van der Waals surface area contributed by atoms with Gasteiger partial charge in [-0.3, -0.25) is 4.98 Å². The molecule has 3 N–H and O–H groups in total. The molecule has 0 aliphatic heterocycles. The van der Waals surface area contributed by atoms with E-state index in [9.17, 15) is 0 Å². The van der Waals surface area contributed by atoms with Crippen LogP contribution in [0, 0.1) is 0 Å². The van der Waals surface area contributed by atoms with Crippen LogP contribution in [0.25, 0.3) is 0 Å². The Morgan fingerprint density at radius 2 is 2.37 bits per heavy atom. The maximum Gasteiger partial charge on any atom is 0.0457 e. The zero-order valence-electron chi connectivity index (χ0n) is 10.9. The van der Waals surface area contributed by atoms with E-state index in [4.69, 9.17) is 5.73 Å². The highest BCUT2D eigenvalue weighted by Gasteiger charge is 2.15. The lowest BCUT2D eigenvalue weighted by molar-refractivity contribution is 0.536. The molecule has 0 saturated carbocycles. The first-order chi connectivity index (χ1) is 9.20. The van der Waals surface area contributed by atoms with Crippen LogP contribution in [0.2, 0.25) is 0 Å². The van der Waals surface area contributed by atoms with Gasteiger partial charge in [0, 0.05) is 38.9 Å². The molecule has 0 radical (unpaired) electrons. The molecule has 5 heteroatoms. The zero-order chi connectivity index (χ0) is 13.7. The van der Waals surface area contributed by atoms with Crippen molar-refractivity contribution in [1.82, 2.24) is 10.3 Å². The van der Waals surface area contributed by atoms with Crippen LogP contribution in [-0.4, -0.2) is 11.5 Å². The summed E-state index contributed by atoms with van der Waals surface area (Å²) in [6.07, 6.45) is 5.58. The van der Waals surface area contributed by atoms with Crippen LogP contribution < -0.4 is 11.1 Å². The summed E-state index contributed by atoms with van der Waals surface area (Å²) < 4.78 is 1.13. The van der Waals surface area contributed by atoms with E-state index >= 15 is 0 Å². The first-order valence-corrected chi connectivity index (χ1v) is 8.03. The van der Waals surface area contributed by atoms with Gasteiger partial charge in [0.15, 0.2) is 0 Å². The summed E-state index contributed by atoms with van der Waals surface area (Å²) in [7, 11) is 0. The van der Waals surface area contributed by atoms with Crippen LogP contribution in [0.4, 0.5) is 5.69 Å². The number of pyridine rings is 1. The molecule has 2 aromatic heterocycles. The first kappa shape index (κ1) is 14.5. The Bertz CT molecular complexity index is 527. The molecule has 0 amide bonds. The summed E-state index contributed by atoms with van der Waals surface area (Å²) in [5, 5.41) is 5.69. The lowest BCUT2D eigenvalue weighted by Crippen LogP contribution is -2.23. The molecular formula is C14H18BrN3S. The van der Waals surface area contributed by atoms with E-state index in [1.807, 2.05) is 12.3 Å². The highest BCUT2D eigenvalue weighted by atomic mass is 79.9. The summed E-state index contributed by atoms with van der Waals surface area (Å²) in [5.74, 6) is 0. The number of halogens is 1. The quantitative estimate of drug-likeness (QED) is 0.842. The Labute approximate surface area is 126 Å². The molecule has 0 spiro atoms. The Hall–Kier alpha value is -0.910. The number of anilines is 1. The average molecular weight is 340 g/mol. The van der Waals surface area contributed by atoms with Crippen LogP contribution in [0.1, 0.15) is 29.8 Å². The fourth-order valence-corrected chi connectivity index (χ4v) is 3.45. The van der Waals surface area contributed by atoms with E-state index < -0.39 is 0 Å². The predicted octanol–water partition coefficient (Wildman–Crippen LogP) is 3.77. The molecule has 0 saturated heterocycles. The van der Waals surface area contributed by atoms with Crippen molar-refractivity contribution < 1.29 is 0 Å². The van der Waals surface area contributed by atoms with Crippen LogP contribution in [-0.2, 0) is 6.42 Å². The summed E-state index contributed by atoms with van der Waals surface area (Å²) in [5.41, 5.74) is 7.92. The smallest absolute Gasteiger partial charge is 0.0457 e. The van der Waals surface area contributed by atoms with E-state index in [-0.39, 0.29) is 0 Å². The topological polar surface area (TPSA) is 50.9 Å². The van der Waals surface area contributed by atoms with Crippen molar-refractivity contribution in [3.63, 3.8) is 0 Å². The minimum Gasteiger partial charge on any atom is -0.398 e. The van der Waals surface area contributed by atoms with Gasteiger partial charge in [0.1, 0.15) is 0 Å². The zero-order valence-corrected chi connectivity index (χ0v) is 13.3. The number of hydrogen-bond donors (Lipinski definition) is 2. The number of hydrogen-bond acceptors (Lipinski definition) is 4. The molecule has 1 unspecified atom stereocenters. The lowest BCUT2D eigenvalue weighted by atomic mass is 10.0. The largest absolute Gasteiger partial charge is 0.398 e. The van der Waals surface area contributed by atoms with E-state index in [1.54, 1.807) is 17.5 Å². The van der Waals surface area contributed by atoms with Crippen molar-refractivity contribution >= 4 is 33.0 Å². The molecule has 19 heavy (non-hydrogen) atoms. The monoisotopic (exact) mass is 339 g/mol. The SMILES string of the molecule is CCCNC(Cc1cnccc1N)c1cc(Br)cs1. The normalized spacial score (nSPS) is 12.5. The number of nitrogens with two attached hydrogens (primary N) is 1. The van der Waals surface area contributed by atoms with E-state index in [0.717, 1.165) is 35.1 Å². The number of nitrogen functional groups attached to an aromatic ring is 1. The number of rotatable bonds is 6. The highest BCUT2D eigenvalue weighted by Crippen LogP contribution is 2.29. The van der Waals surface area contributed by atoms with Gasteiger partial charge in [-0.2, -0.15) is 0 Å². The second-order valence-electron chi connectivity index (χ2n) is 4.45. The van der Waals surface area contributed by atoms with Gasteiger partial charge in [0.05, 0.1) is 0 Å². The maximum absolute atomic E-state index is 6.01. The lowest BCUT2D eigenvalue weighted by Gasteiger charge is -2.18. The van der Waals surface area contributed by atoms with Gasteiger partial charge >= 0.3 is 0 Å². The number of nitrogens with one attached hydrogen (secondary N) is 1. The fourth-order valence-electron chi connectivity index (χ4n) is 1.93. The molecule has 0 fully saturated rings. The van der Waals surface area contributed by atoms with Crippen molar-refractivity contribution in [1.29, 1.82) is 0 Å². The van der Waals surface area contributed by atoms with Gasteiger partial charge in [-0.05, 0) is 53.0 Å². The van der Waals surface area contributed by atoms with Crippen molar-refractivity contribution in [2.75, 3.05) is 12.3 Å². The molecule has 2 rings (SSSR count). The van der Waals surface area contributed by atoms with Gasteiger partial charge in [-0.25, -0.2) is 0 Å². The highest BCUT2D eigenvalue weighted by molar-refractivity contribution is 9.10. The Balaban J connectivity index is 2.16. The molecule has 0 aliphatic rings. The Morgan fingerprint density at radius 1 is 1.53 bits per heavy atom. The summed E-state index contributed by atoms with van der Waals surface area (Å²) >= 11 is 5.28. The second-order valence-corrected chi connectivity index (χ2v) is 6.31. The average Bonchev–Trinajstić information content (AvgIpc) is 2.83. The van der Waals surface area contributed by atoms with Gasteiger partial charge in [-0.1, -0.05) is 6.92 Å². The maximum atomic E-state index is 6.01. The molecular weight excluding hydrogens is 322 g/mol. The molecule has 0 aromatic carbocycles.